The molecule has 0 N–H and O–H groups in total. The van der Waals surface area contributed by atoms with Crippen LogP contribution in [0.25, 0.3) is 34.4 Å². The van der Waals surface area contributed by atoms with Gasteiger partial charge in [0.1, 0.15) is 0 Å². The Morgan fingerprint density at radius 3 is 0.812 bits per heavy atom. The third-order valence-electron chi connectivity index (χ3n) is 5.06. The van der Waals surface area contributed by atoms with Crippen molar-refractivity contribution < 1.29 is 0 Å². The van der Waals surface area contributed by atoms with E-state index in [4.69, 9.17) is 0 Å². The van der Waals surface area contributed by atoms with Crippen molar-refractivity contribution in [2.75, 3.05) is 0 Å². The van der Waals surface area contributed by atoms with Gasteiger partial charge in [0.25, 0.3) is 0 Å². The smallest absolute Gasteiger partial charge is 0.0184 e. The molecule has 0 aliphatic heterocycles. The lowest BCUT2D eigenvalue weighted by Crippen LogP contribution is -1.80. The van der Waals surface area contributed by atoms with E-state index < -0.39 is 0 Å². The standard InChI is InChI=1S/C28H24.2C2H6/c1-21-3-13-25(14-4-21)27-17-9-23(10-18-27)7-8-24-11-19-28(20-12-24)26-15-5-22(2)6-16-26;2*1-2/h3-20H,1-2H3;2*1-2H3. The summed E-state index contributed by atoms with van der Waals surface area (Å²) in [5.74, 6) is 0. The van der Waals surface area contributed by atoms with Crippen molar-refractivity contribution in [1.82, 2.24) is 0 Å². The molecule has 0 atom stereocenters. The molecule has 0 amide bonds. The summed E-state index contributed by atoms with van der Waals surface area (Å²) in [6.45, 7) is 12.2. The zero-order chi connectivity index (χ0) is 23.3. The normalized spacial score (nSPS) is 10.1. The van der Waals surface area contributed by atoms with Gasteiger partial charge in [-0.1, -0.05) is 148 Å². The van der Waals surface area contributed by atoms with Crippen molar-refractivity contribution in [2.24, 2.45) is 0 Å². The molecule has 0 saturated carbocycles. The fourth-order valence-corrected chi connectivity index (χ4v) is 3.26. The molecule has 0 aliphatic rings. The van der Waals surface area contributed by atoms with Gasteiger partial charge in [-0.3, -0.25) is 0 Å². The lowest BCUT2D eigenvalue weighted by Gasteiger charge is -2.04. The molecule has 0 saturated heterocycles. The predicted molar refractivity (Wildman–Crippen MR) is 145 cm³/mol. The topological polar surface area (TPSA) is 0 Å². The second-order valence-corrected chi connectivity index (χ2v) is 7.31. The SMILES string of the molecule is CC.CC.Cc1ccc(-c2ccc(C=Cc3ccc(-c4ccc(C)cc4)cc3)cc2)cc1. The first-order valence-electron chi connectivity index (χ1n) is 11.7. The summed E-state index contributed by atoms with van der Waals surface area (Å²) in [6, 6.07) is 34.8. The van der Waals surface area contributed by atoms with Gasteiger partial charge < -0.3 is 0 Å². The summed E-state index contributed by atoms with van der Waals surface area (Å²) in [5.41, 5.74) is 10.0. The molecule has 32 heavy (non-hydrogen) atoms. The molecule has 0 unspecified atom stereocenters. The Balaban J connectivity index is 0.000000860. The van der Waals surface area contributed by atoms with E-state index in [0.29, 0.717) is 0 Å². The van der Waals surface area contributed by atoms with Crippen molar-refractivity contribution >= 4 is 12.2 Å². The van der Waals surface area contributed by atoms with E-state index >= 15 is 0 Å². The van der Waals surface area contributed by atoms with Gasteiger partial charge in [0.05, 0.1) is 0 Å². The van der Waals surface area contributed by atoms with Crippen molar-refractivity contribution in [1.29, 1.82) is 0 Å². The van der Waals surface area contributed by atoms with Crippen LogP contribution >= 0.6 is 0 Å². The molecule has 0 aromatic heterocycles. The van der Waals surface area contributed by atoms with Crippen molar-refractivity contribution in [3.63, 3.8) is 0 Å². The molecule has 0 heteroatoms. The van der Waals surface area contributed by atoms with Gasteiger partial charge in [0.15, 0.2) is 0 Å². The van der Waals surface area contributed by atoms with Gasteiger partial charge in [0, 0.05) is 0 Å². The van der Waals surface area contributed by atoms with E-state index in [2.05, 4.69) is 123 Å². The van der Waals surface area contributed by atoms with Crippen LogP contribution in [0.4, 0.5) is 0 Å². The van der Waals surface area contributed by atoms with Crippen LogP contribution < -0.4 is 0 Å². The first kappa shape index (κ1) is 24.9. The van der Waals surface area contributed by atoms with Crippen molar-refractivity contribution in [2.45, 2.75) is 41.5 Å². The Labute approximate surface area is 195 Å². The summed E-state index contributed by atoms with van der Waals surface area (Å²) in [7, 11) is 0. The van der Waals surface area contributed by atoms with Gasteiger partial charge in [-0.25, -0.2) is 0 Å². The summed E-state index contributed by atoms with van der Waals surface area (Å²) < 4.78 is 0. The van der Waals surface area contributed by atoms with Crippen LogP contribution in [0, 0.1) is 13.8 Å². The lowest BCUT2D eigenvalue weighted by atomic mass is 10.0. The molecular weight excluding hydrogens is 384 g/mol. The Bertz CT molecular complexity index is 972. The zero-order valence-electron chi connectivity index (χ0n) is 20.4. The average Bonchev–Trinajstić information content (AvgIpc) is 2.87. The molecule has 0 fully saturated rings. The number of aryl methyl sites for hydroxylation is 2. The highest BCUT2D eigenvalue weighted by Gasteiger charge is 1.98. The van der Waals surface area contributed by atoms with E-state index in [1.54, 1.807) is 0 Å². The van der Waals surface area contributed by atoms with Crippen LogP contribution in [0.2, 0.25) is 0 Å². The summed E-state index contributed by atoms with van der Waals surface area (Å²) in [4.78, 5) is 0. The van der Waals surface area contributed by atoms with Gasteiger partial charge >= 0.3 is 0 Å². The van der Waals surface area contributed by atoms with Gasteiger partial charge in [-0.15, -0.1) is 0 Å². The minimum Gasteiger partial charge on any atom is -0.0683 e. The Morgan fingerprint density at radius 1 is 0.344 bits per heavy atom. The molecule has 4 aromatic carbocycles. The van der Waals surface area contributed by atoms with Gasteiger partial charge in [-0.05, 0) is 47.2 Å². The van der Waals surface area contributed by atoms with E-state index in [0.717, 1.165) is 0 Å². The summed E-state index contributed by atoms with van der Waals surface area (Å²) >= 11 is 0. The van der Waals surface area contributed by atoms with Gasteiger partial charge in [-0.2, -0.15) is 0 Å². The highest BCUT2D eigenvalue weighted by molar-refractivity contribution is 5.73. The molecule has 4 rings (SSSR count). The van der Waals surface area contributed by atoms with Crippen LogP contribution in [0.15, 0.2) is 97.1 Å². The van der Waals surface area contributed by atoms with Crippen LogP contribution in [0.3, 0.4) is 0 Å². The minimum absolute atomic E-state index is 1.21. The second kappa shape index (κ2) is 13.1. The fourth-order valence-electron chi connectivity index (χ4n) is 3.26. The van der Waals surface area contributed by atoms with E-state index in [9.17, 15) is 0 Å². The first-order chi connectivity index (χ1) is 15.7. The van der Waals surface area contributed by atoms with Crippen LogP contribution in [-0.4, -0.2) is 0 Å². The maximum atomic E-state index is 2.19. The molecule has 0 aliphatic carbocycles. The largest absolute Gasteiger partial charge is 0.0683 e. The molecule has 0 radical (unpaired) electrons. The van der Waals surface area contributed by atoms with Crippen LogP contribution in [0.1, 0.15) is 49.9 Å². The molecular formula is C32H36. The molecule has 164 valence electrons. The summed E-state index contributed by atoms with van der Waals surface area (Å²) in [5, 5.41) is 0. The lowest BCUT2D eigenvalue weighted by molar-refractivity contribution is 1.47. The predicted octanol–water partition coefficient (Wildman–Crippen LogP) is 9.86. The summed E-state index contributed by atoms with van der Waals surface area (Å²) in [6.07, 6.45) is 4.33. The first-order valence-corrected chi connectivity index (χ1v) is 11.7. The molecule has 0 bridgehead atoms. The maximum absolute atomic E-state index is 2.19. The Hall–Kier alpha value is -3.38. The van der Waals surface area contributed by atoms with E-state index in [1.807, 2.05) is 27.7 Å². The molecule has 0 spiro atoms. The highest BCUT2D eigenvalue weighted by Crippen LogP contribution is 2.23. The minimum atomic E-state index is 1.21. The average molecular weight is 421 g/mol. The van der Waals surface area contributed by atoms with Crippen LogP contribution in [-0.2, 0) is 0 Å². The fraction of sp³-hybridized carbons (Fsp3) is 0.188. The third kappa shape index (κ3) is 7.10. The number of benzene rings is 4. The Morgan fingerprint density at radius 2 is 0.562 bits per heavy atom. The highest BCUT2D eigenvalue weighted by atomic mass is 14.0. The number of hydrogen-bond acceptors (Lipinski definition) is 0. The number of rotatable bonds is 4. The quantitative estimate of drug-likeness (QED) is 0.288. The molecule has 0 heterocycles. The zero-order valence-corrected chi connectivity index (χ0v) is 20.4. The van der Waals surface area contributed by atoms with Crippen molar-refractivity contribution in [3.8, 4) is 22.3 Å². The maximum Gasteiger partial charge on any atom is -0.0184 e. The third-order valence-corrected chi connectivity index (χ3v) is 5.06. The van der Waals surface area contributed by atoms with Crippen molar-refractivity contribution in [3.05, 3.63) is 119 Å². The molecule has 4 aromatic rings. The second-order valence-electron chi connectivity index (χ2n) is 7.31. The van der Waals surface area contributed by atoms with Gasteiger partial charge in [0.2, 0.25) is 0 Å². The number of hydrogen-bond donors (Lipinski definition) is 0. The van der Waals surface area contributed by atoms with E-state index in [-0.39, 0.29) is 0 Å². The monoisotopic (exact) mass is 420 g/mol. The van der Waals surface area contributed by atoms with Crippen LogP contribution in [0.5, 0.6) is 0 Å². The Kier molecular flexibility index (Phi) is 10.2. The van der Waals surface area contributed by atoms with E-state index in [1.165, 1.54) is 44.5 Å². The molecule has 0 nitrogen and oxygen atoms in total.